The molecule has 0 unspecified atom stereocenters. The third-order valence-electron chi connectivity index (χ3n) is 1.49. The second-order valence-corrected chi connectivity index (χ2v) is 2.42. The smallest absolute Gasteiger partial charge is 0.398 e. The molecule has 0 saturated carbocycles. The van der Waals surface area contributed by atoms with Crippen molar-refractivity contribution < 1.29 is 13.2 Å². The first-order valence-electron chi connectivity index (χ1n) is 3.20. The molecule has 0 aromatic carbocycles. The van der Waals surface area contributed by atoms with Gasteiger partial charge < -0.3 is 5.73 Å². The van der Waals surface area contributed by atoms with Crippen LogP contribution >= 0.6 is 0 Å². The first-order valence-corrected chi connectivity index (χ1v) is 3.20. The topological polar surface area (TPSA) is 38.9 Å². The number of nitrogen functional groups attached to an aromatic ring is 1. The summed E-state index contributed by atoms with van der Waals surface area (Å²) in [7, 11) is 0. The van der Waals surface area contributed by atoms with Crippen LogP contribution in [0.1, 0.15) is 11.1 Å². The molecule has 1 heterocycles. The van der Waals surface area contributed by atoms with Gasteiger partial charge in [0.15, 0.2) is 0 Å². The summed E-state index contributed by atoms with van der Waals surface area (Å²) in [6.07, 6.45) is -2.39. The molecule has 0 amide bonds. The minimum absolute atomic E-state index is 0.252. The summed E-state index contributed by atoms with van der Waals surface area (Å²) >= 11 is 0. The summed E-state index contributed by atoms with van der Waals surface area (Å²) in [4.78, 5) is 3.41. The Hall–Kier alpha value is -1.26. The predicted octanol–water partition coefficient (Wildman–Crippen LogP) is 1.99. The van der Waals surface area contributed by atoms with Crippen LogP contribution in [0.25, 0.3) is 0 Å². The SMILES string of the molecule is Cc1cncc(C(F)(F)F)c1N. The van der Waals surface area contributed by atoms with Crippen LogP contribution < -0.4 is 5.73 Å². The maximum Gasteiger partial charge on any atom is 0.419 e. The molecule has 0 aliphatic heterocycles. The molecule has 0 radical (unpaired) electrons. The Morgan fingerprint density at radius 2 is 1.92 bits per heavy atom. The second-order valence-electron chi connectivity index (χ2n) is 2.42. The number of pyridine rings is 1. The Morgan fingerprint density at radius 3 is 2.33 bits per heavy atom. The number of nitrogens with two attached hydrogens (primary N) is 1. The fourth-order valence-electron chi connectivity index (χ4n) is 0.801. The van der Waals surface area contributed by atoms with Crippen molar-refractivity contribution in [1.82, 2.24) is 4.98 Å². The van der Waals surface area contributed by atoms with Crippen LogP contribution in [0, 0.1) is 6.92 Å². The molecular weight excluding hydrogens is 169 g/mol. The molecule has 2 N–H and O–H groups in total. The number of rotatable bonds is 0. The molecule has 0 fully saturated rings. The quantitative estimate of drug-likeness (QED) is 0.656. The summed E-state index contributed by atoms with van der Waals surface area (Å²) in [6.45, 7) is 1.48. The van der Waals surface area contributed by atoms with Gasteiger partial charge in [-0.2, -0.15) is 13.2 Å². The first kappa shape index (κ1) is 8.83. The van der Waals surface area contributed by atoms with E-state index in [0.29, 0.717) is 5.56 Å². The van der Waals surface area contributed by atoms with E-state index in [1.165, 1.54) is 13.1 Å². The number of halogens is 3. The van der Waals surface area contributed by atoms with Gasteiger partial charge in [0.05, 0.1) is 5.56 Å². The fraction of sp³-hybridized carbons (Fsp3) is 0.286. The van der Waals surface area contributed by atoms with Crippen molar-refractivity contribution in [3.05, 3.63) is 23.5 Å². The molecule has 0 spiro atoms. The highest BCUT2D eigenvalue weighted by atomic mass is 19.4. The zero-order valence-electron chi connectivity index (χ0n) is 6.31. The van der Waals surface area contributed by atoms with Gasteiger partial charge in [-0.25, -0.2) is 0 Å². The van der Waals surface area contributed by atoms with Crippen molar-refractivity contribution in [3.8, 4) is 0 Å². The molecule has 5 heteroatoms. The van der Waals surface area contributed by atoms with Crippen molar-refractivity contribution in [2.75, 3.05) is 5.73 Å². The van der Waals surface area contributed by atoms with E-state index in [0.717, 1.165) is 6.20 Å². The molecule has 0 aliphatic carbocycles. The molecule has 2 nitrogen and oxygen atoms in total. The summed E-state index contributed by atoms with van der Waals surface area (Å²) < 4.78 is 36.3. The number of hydrogen-bond acceptors (Lipinski definition) is 2. The Bertz CT molecular complexity index is 293. The van der Waals surface area contributed by atoms with E-state index < -0.39 is 11.7 Å². The van der Waals surface area contributed by atoms with Crippen molar-refractivity contribution in [3.63, 3.8) is 0 Å². The highest BCUT2D eigenvalue weighted by Crippen LogP contribution is 2.33. The monoisotopic (exact) mass is 176 g/mol. The molecule has 1 aromatic heterocycles. The lowest BCUT2D eigenvalue weighted by Crippen LogP contribution is -2.10. The molecule has 1 rings (SSSR count). The highest BCUT2D eigenvalue weighted by molar-refractivity contribution is 5.52. The number of aryl methyl sites for hydroxylation is 1. The van der Waals surface area contributed by atoms with Gasteiger partial charge in [0.2, 0.25) is 0 Å². The van der Waals surface area contributed by atoms with Gasteiger partial charge in [-0.3, -0.25) is 4.98 Å². The minimum atomic E-state index is -4.41. The van der Waals surface area contributed by atoms with Crippen LogP contribution in [-0.4, -0.2) is 4.98 Å². The van der Waals surface area contributed by atoms with Crippen molar-refractivity contribution in [2.24, 2.45) is 0 Å². The van der Waals surface area contributed by atoms with Crippen LogP contribution in [0.5, 0.6) is 0 Å². The number of hydrogen-bond donors (Lipinski definition) is 1. The van der Waals surface area contributed by atoms with Crippen LogP contribution in [0.15, 0.2) is 12.4 Å². The summed E-state index contributed by atoms with van der Waals surface area (Å²) in [6, 6.07) is 0. The number of anilines is 1. The third-order valence-corrected chi connectivity index (χ3v) is 1.49. The zero-order chi connectivity index (χ0) is 9.35. The lowest BCUT2D eigenvalue weighted by atomic mass is 10.1. The van der Waals surface area contributed by atoms with Crippen molar-refractivity contribution in [1.29, 1.82) is 0 Å². The van der Waals surface area contributed by atoms with E-state index in [2.05, 4.69) is 4.98 Å². The number of alkyl halides is 3. The maximum atomic E-state index is 12.1. The largest absolute Gasteiger partial charge is 0.419 e. The standard InChI is InChI=1S/C7H7F3N2/c1-4-2-12-3-5(6(4)11)7(8,9)10/h2-3H,1H3,(H2,11,12). The second kappa shape index (κ2) is 2.66. The molecule has 12 heavy (non-hydrogen) atoms. The number of nitrogens with zero attached hydrogens (tertiary/aromatic N) is 1. The molecule has 1 aromatic rings. The Labute approximate surface area is 67.2 Å². The summed E-state index contributed by atoms with van der Waals surface area (Å²) in [5, 5.41) is 0. The van der Waals surface area contributed by atoms with E-state index in [9.17, 15) is 13.2 Å². The van der Waals surface area contributed by atoms with Gasteiger partial charge in [0, 0.05) is 18.1 Å². The van der Waals surface area contributed by atoms with Crippen LogP contribution in [0.2, 0.25) is 0 Å². The van der Waals surface area contributed by atoms with E-state index in [1.807, 2.05) is 0 Å². The predicted molar refractivity (Wildman–Crippen MR) is 38.4 cm³/mol. The lowest BCUT2D eigenvalue weighted by Gasteiger charge is -2.09. The molecule has 0 saturated heterocycles. The molecule has 66 valence electrons. The van der Waals surface area contributed by atoms with Crippen molar-refractivity contribution in [2.45, 2.75) is 13.1 Å². The first-order chi connectivity index (χ1) is 5.43. The van der Waals surface area contributed by atoms with Gasteiger partial charge in [0.25, 0.3) is 0 Å². The van der Waals surface area contributed by atoms with E-state index in [4.69, 9.17) is 5.73 Å². The zero-order valence-corrected chi connectivity index (χ0v) is 6.31. The molecule has 0 bridgehead atoms. The van der Waals surface area contributed by atoms with E-state index in [1.54, 1.807) is 0 Å². The van der Waals surface area contributed by atoms with E-state index >= 15 is 0 Å². The van der Waals surface area contributed by atoms with Gasteiger partial charge >= 0.3 is 6.18 Å². The third kappa shape index (κ3) is 1.49. The Morgan fingerprint density at radius 1 is 1.33 bits per heavy atom. The Balaban J connectivity index is 3.26. The summed E-state index contributed by atoms with van der Waals surface area (Å²) in [5.41, 5.74) is 4.42. The normalized spacial score (nSPS) is 11.7. The van der Waals surface area contributed by atoms with E-state index in [-0.39, 0.29) is 5.69 Å². The molecular formula is C7H7F3N2. The van der Waals surface area contributed by atoms with Crippen LogP contribution in [-0.2, 0) is 6.18 Å². The van der Waals surface area contributed by atoms with Gasteiger partial charge in [-0.15, -0.1) is 0 Å². The average Bonchev–Trinajstić information content (AvgIpc) is 1.92. The maximum absolute atomic E-state index is 12.1. The van der Waals surface area contributed by atoms with Gasteiger partial charge in [-0.1, -0.05) is 0 Å². The highest BCUT2D eigenvalue weighted by Gasteiger charge is 2.33. The van der Waals surface area contributed by atoms with Crippen LogP contribution in [0.3, 0.4) is 0 Å². The van der Waals surface area contributed by atoms with Gasteiger partial charge in [0.1, 0.15) is 0 Å². The fourth-order valence-corrected chi connectivity index (χ4v) is 0.801. The molecule has 0 atom stereocenters. The Kier molecular flexibility index (Phi) is 1.95. The number of aromatic nitrogens is 1. The van der Waals surface area contributed by atoms with Crippen LogP contribution in [0.4, 0.5) is 18.9 Å². The van der Waals surface area contributed by atoms with Crippen molar-refractivity contribution >= 4 is 5.69 Å². The lowest BCUT2D eigenvalue weighted by molar-refractivity contribution is -0.137. The molecule has 0 aliphatic rings. The van der Waals surface area contributed by atoms with Gasteiger partial charge in [-0.05, 0) is 12.5 Å². The summed E-state index contributed by atoms with van der Waals surface area (Å²) in [5.74, 6) is 0. The average molecular weight is 176 g/mol. The minimum Gasteiger partial charge on any atom is -0.398 e.